The van der Waals surface area contributed by atoms with E-state index < -0.39 is 0 Å². The molecule has 0 saturated carbocycles. The minimum absolute atomic E-state index is 0.00522. The van der Waals surface area contributed by atoms with Gasteiger partial charge in [0.25, 0.3) is 5.56 Å². The maximum atomic E-state index is 12.6. The van der Waals surface area contributed by atoms with Gasteiger partial charge in [0.15, 0.2) is 5.16 Å². The SMILES string of the molecule is CCn1c(SCC(=O)N(C)Cc2ccc(C)cc2)nc2ccccc2c1=O. The maximum absolute atomic E-state index is 12.6. The van der Waals surface area contributed by atoms with Crippen LogP contribution in [0.5, 0.6) is 0 Å². The van der Waals surface area contributed by atoms with Crippen LogP contribution < -0.4 is 5.56 Å². The second-order valence-electron chi connectivity index (χ2n) is 6.49. The largest absolute Gasteiger partial charge is 0.341 e. The first-order valence-corrected chi connectivity index (χ1v) is 9.90. The van der Waals surface area contributed by atoms with Crippen LogP contribution in [0.25, 0.3) is 10.9 Å². The van der Waals surface area contributed by atoms with Crippen molar-refractivity contribution in [2.24, 2.45) is 0 Å². The van der Waals surface area contributed by atoms with E-state index in [9.17, 15) is 9.59 Å². The minimum atomic E-state index is -0.0638. The molecule has 1 aromatic heterocycles. The van der Waals surface area contributed by atoms with E-state index >= 15 is 0 Å². The Bertz CT molecular complexity index is 1010. The molecule has 0 aliphatic rings. The third kappa shape index (κ3) is 4.39. The summed E-state index contributed by atoms with van der Waals surface area (Å²) in [7, 11) is 1.80. The number of nitrogens with zero attached hydrogens (tertiary/aromatic N) is 3. The zero-order chi connectivity index (χ0) is 19.4. The van der Waals surface area contributed by atoms with E-state index in [4.69, 9.17) is 0 Å². The number of amides is 1. The number of aromatic nitrogens is 2. The van der Waals surface area contributed by atoms with Crippen LogP contribution >= 0.6 is 11.8 Å². The van der Waals surface area contributed by atoms with E-state index in [1.54, 1.807) is 22.6 Å². The van der Waals surface area contributed by atoms with Gasteiger partial charge >= 0.3 is 0 Å². The Balaban J connectivity index is 1.72. The molecule has 3 rings (SSSR count). The summed E-state index contributed by atoms with van der Waals surface area (Å²) in [6.07, 6.45) is 0. The molecular formula is C21H23N3O2S. The van der Waals surface area contributed by atoms with Crippen LogP contribution in [0.4, 0.5) is 0 Å². The lowest BCUT2D eigenvalue weighted by atomic mass is 10.1. The fraction of sp³-hybridized carbons (Fsp3) is 0.286. The van der Waals surface area contributed by atoms with Crippen molar-refractivity contribution in [1.29, 1.82) is 0 Å². The molecule has 5 nitrogen and oxygen atoms in total. The Hall–Kier alpha value is -2.60. The van der Waals surface area contributed by atoms with Crippen molar-refractivity contribution in [2.75, 3.05) is 12.8 Å². The van der Waals surface area contributed by atoms with Gasteiger partial charge in [0, 0.05) is 20.1 Å². The number of rotatable bonds is 6. The van der Waals surface area contributed by atoms with Gasteiger partial charge in [-0.2, -0.15) is 0 Å². The molecule has 0 bridgehead atoms. The highest BCUT2D eigenvalue weighted by Crippen LogP contribution is 2.18. The molecule has 0 fully saturated rings. The van der Waals surface area contributed by atoms with Crippen LogP contribution in [0.2, 0.25) is 0 Å². The molecule has 0 radical (unpaired) electrons. The summed E-state index contributed by atoms with van der Waals surface area (Å²) >= 11 is 1.31. The molecule has 0 aliphatic carbocycles. The number of hydrogen-bond donors (Lipinski definition) is 0. The molecule has 0 spiro atoms. The van der Waals surface area contributed by atoms with E-state index in [-0.39, 0.29) is 17.2 Å². The summed E-state index contributed by atoms with van der Waals surface area (Å²) < 4.78 is 1.63. The highest BCUT2D eigenvalue weighted by atomic mass is 32.2. The molecule has 6 heteroatoms. The average molecular weight is 382 g/mol. The number of aryl methyl sites for hydroxylation is 1. The van der Waals surface area contributed by atoms with Crippen LogP contribution in [0.1, 0.15) is 18.1 Å². The molecule has 0 saturated heterocycles. The van der Waals surface area contributed by atoms with Gasteiger partial charge in [-0.3, -0.25) is 14.2 Å². The molecule has 1 amide bonds. The summed E-state index contributed by atoms with van der Waals surface area (Å²) in [6, 6.07) is 15.5. The summed E-state index contributed by atoms with van der Waals surface area (Å²) in [5.74, 6) is 0.248. The zero-order valence-corrected chi connectivity index (χ0v) is 16.6. The van der Waals surface area contributed by atoms with Crippen molar-refractivity contribution in [3.05, 3.63) is 70.0 Å². The number of carbonyl (C=O) groups excluding carboxylic acids is 1. The maximum Gasteiger partial charge on any atom is 0.262 e. The van der Waals surface area contributed by atoms with E-state index in [1.807, 2.05) is 56.3 Å². The summed E-state index contributed by atoms with van der Waals surface area (Å²) in [5.41, 5.74) is 2.89. The summed E-state index contributed by atoms with van der Waals surface area (Å²) in [5, 5.41) is 1.19. The van der Waals surface area contributed by atoms with Crippen molar-refractivity contribution in [3.8, 4) is 0 Å². The van der Waals surface area contributed by atoms with Gasteiger partial charge in [0.05, 0.1) is 16.7 Å². The van der Waals surface area contributed by atoms with E-state index in [2.05, 4.69) is 4.98 Å². The topological polar surface area (TPSA) is 55.2 Å². The van der Waals surface area contributed by atoms with Gasteiger partial charge in [-0.1, -0.05) is 53.7 Å². The van der Waals surface area contributed by atoms with E-state index in [0.717, 1.165) is 5.56 Å². The molecule has 2 aromatic carbocycles. The molecule has 0 N–H and O–H groups in total. The molecule has 0 unspecified atom stereocenters. The molecule has 27 heavy (non-hydrogen) atoms. The quantitative estimate of drug-likeness (QED) is 0.485. The Morgan fingerprint density at radius 1 is 1.15 bits per heavy atom. The van der Waals surface area contributed by atoms with Gasteiger partial charge in [-0.05, 0) is 31.5 Å². The molecule has 0 atom stereocenters. The number of hydrogen-bond acceptors (Lipinski definition) is 4. The average Bonchev–Trinajstić information content (AvgIpc) is 2.68. The van der Waals surface area contributed by atoms with Crippen LogP contribution in [-0.2, 0) is 17.9 Å². The third-order valence-electron chi connectivity index (χ3n) is 4.43. The minimum Gasteiger partial charge on any atom is -0.341 e. The molecule has 3 aromatic rings. The number of thioether (sulfide) groups is 1. The number of fused-ring (bicyclic) bond motifs is 1. The number of benzene rings is 2. The molecule has 140 valence electrons. The first-order chi connectivity index (χ1) is 13.0. The molecule has 1 heterocycles. The Labute approximate surface area is 163 Å². The predicted octanol–water partition coefficient (Wildman–Crippen LogP) is 3.48. The van der Waals surface area contributed by atoms with Gasteiger partial charge in [-0.25, -0.2) is 4.98 Å². The lowest BCUT2D eigenvalue weighted by molar-refractivity contribution is -0.127. The lowest BCUT2D eigenvalue weighted by Crippen LogP contribution is -2.28. The number of para-hydroxylation sites is 1. The van der Waals surface area contributed by atoms with Crippen LogP contribution in [0, 0.1) is 6.92 Å². The molecular weight excluding hydrogens is 358 g/mol. The van der Waals surface area contributed by atoms with Crippen molar-refractivity contribution < 1.29 is 4.79 Å². The normalized spacial score (nSPS) is 10.9. The van der Waals surface area contributed by atoms with Gasteiger partial charge < -0.3 is 4.90 Å². The van der Waals surface area contributed by atoms with Crippen LogP contribution in [0.15, 0.2) is 58.5 Å². The highest BCUT2D eigenvalue weighted by Gasteiger charge is 2.14. The zero-order valence-electron chi connectivity index (χ0n) is 15.8. The van der Waals surface area contributed by atoms with E-state index in [1.165, 1.54) is 17.3 Å². The Morgan fingerprint density at radius 3 is 2.56 bits per heavy atom. The Kier molecular flexibility index (Phi) is 5.96. The van der Waals surface area contributed by atoms with Gasteiger partial charge in [-0.15, -0.1) is 0 Å². The lowest BCUT2D eigenvalue weighted by Gasteiger charge is -2.18. The second kappa shape index (κ2) is 8.39. The summed E-state index contributed by atoms with van der Waals surface area (Å²) in [4.78, 5) is 31.5. The fourth-order valence-corrected chi connectivity index (χ4v) is 3.83. The number of carbonyl (C=O) groups is 1. The van der Waals surface area contributed by atoms with Gasteiger partial charge in [0.1, 0.15) is 0 Å². The molecule has 0 aliphatic heterocycles. The Morgan fingerprint density at radius 2 is 1.85 bits per heavy atom. The van der Waals surface area contributed by atoms with E-state index in [0.29, 0.717) is 29.1 Å². The first-order valence-electron chi connectivity index (χ1n) is 8.91. The van der Waals surface area contributed by atoms with Crippen molar-refractivity contribution in [3.63, 3.8) is 0 Å². The van der Waals surface area contributed by atoms with Gasteiger partial charge in [0.2, 0.25) is 5.91 Å². The first kappa shape index (κ1) is 19.2. The van der Waals surface area contributed by atoms with Crippen molar-refractivity contribution in [2.45, 2.75) is 32.1 Å². The standard InChI is InChI=1S/C21H23N3O2S/c1-4-24-20(26)17-7-5-6-8-18(17)22-21(24)27-14-19(25)23(3)13-16-11-9-15(2)10-12-16/h5-12H,4,13-14H2,1-3H3. The highest BCUT2D eigenvalue weighted by molar-refractivity contribution is 7.99. The fourth-order valence-electron chi connectivity index (χ4n) is 2.83. The van der Waals surface area contributed by atoms with Crippen molar-refractivity contribution in [1.82, 2.24) is 14.5 Å². The summed E-state index contributed by atoms with van der Waals surface area (Å²) in [6.45, 7) is 5.03. The van der Waals surface area contributed by atoms with Crippen molar-refractivity contribution >= 4 is 28.6 Å². The monoisotopic (exact) mass is 381 g/mol. The third-order valence-corrected chi connectivity index (χ3v) is 5.39. The smallest absolute Gasteiger partial charge is 0.262 e. The second-order valence-corrected chi connectivity index (χ2v) is 7.43. The van der Waals surface area contributed by atoms with Crippen LogP contribution in [-0.4, -0.2) is 33.2 Å². The van der Waals surface area contributed by atoms with Crippen LogP contribution in [0.3, 0.4) is 0 Å². The predicted molar refractivity (Wildman–Crippen MR) is 110 cm³/mol.